The zero-order valence-electron chi connectivity index (χ0n) is 25.7. The van der Waals surface area contributed by atoms with Crippen molar-refractivity contribution in [3.63, 3.8) is 0 Å². The van der Waals surface area contributed by atoms with Gasteiger partial charge in [0, 0.05) is 30.0 Å². The van der Waals surface area contributed by atoms with Crippen molar-refractivity contribution in [3.8, 4) is 0 Å². The molecule has 226 valence electrons. The first-order valence-corrected chi connectivity index (χ1v) is 15.7. The average molecular weight is 578 g/mol. The van der Waals surface area contributed by atoms with Crippen LogP contribution < -0.4 is 10.6 Å². The van der Waals surface area contributed by atoms with Gasteiger partial charge in [-0.25, -0.2) is 9.59 Å². The van der Waals surface area contributed by atoms with Gasteiger partial charge >= 0.3 is 19.2 Å². The maximum absolute atomic E-state index is 13.6. The van der Waals surface area contributed by atoms with E-state index in [0.717, 1.165) is 35.8 Å². The highest BCUT2D eigenvalue weighted by Crippen LogP contribution is 2.67. The Morgan fingerprint density at radius 2 is 1.95 bits per heavy atom. The molecule has 10 heteroatoms. The summed E-state index contributed by atoms with van der Waals surface area (Å²) in [6.45, 7) is 13.5. The molecule has 2 aliphatic heterocycles. The molecule has 3 heterocycles. The van der Waals surface area contributed by atoms with Crippen molar-refractivity contribution < 1.29 is 28.1 Å². The number of para-hydroxylation sites is 1. The van der Waals surface area contributed by atoms with E-state index >= 15 is 0 Å². The Hall–Kier alpha value is -2.72. The van der Waals surface area contributed by atoms with Gasteiger partial charge in [0.25, 0.3) is 0 Å². The lowest BCUT2D eigenvalue weighted by Gasteiger charge is -2.64. The molecular weight excluding hydrogens is 533 g/mol. The van der Waals surface area contributed by atoms with Gasteiger partial charge < -0.3 is 34.0 Å². The van der Waals surface area contributed by atoms with Crippen LogP contribution in [0.1, 0.15) is 85.1 Å². The zero-order chi connectivity index (χ0) is 29.7. The fourth-order valence-electron chi connectivity index (χ4n) is 8.56. The Labute approximate surface area is 248 Å². The van der Waals surface area contributed by atoms with Gasteiger partial charge in [-0.15, -0.1) is 0 Å². The summed E-state index contributed by atoms with van der Waals surface area (Å²) in [6.07, 6.45) is 6.06. The lowest BCUT2D eigenvalue weighted by Crippen LogP contribution is -2.65. The Morgan fingerprint density at radius 1 is 1.17 bits per heavy atom. The first-order valence-electron chi connectivity index (χ1n) is 15.7. The van der Waals surface area contributed by atoms with E-state index in [2.05, 4.69) is 37.5 Å². The lowest BCUT2D eigenvalue weighted by atomic mass is 9.43. The van der Waals surface area contributed by atoms with Crippen molar-refractivity contribution in [2.75, 3.05) is 13.1 Å². The third kappa shape index (κ3) is 4.35. The van der Waals surface area contributed by atoms with E-state index in [-0.39, 0.29) is 41.2 Å². The minimum absolute atomic E-state index is 0.00611. The normalized spacial score (nSPS) is 36.4. The van der Waals surface area contributed by atoms with Crippen LogP contribution in [0.2, 0.25) is 0 Å². The molecule has 7 atom stereocenters. The Morgan fingerprint density at radius 3 is 2.71 bits per heavy atom. The van der Waals surface area contributed by atoms with E-state index in [0.29, 0.717) is 31.3 Å². The molecule has 2 saturated heterocycles. The number of hydrogen-bond donors (Lipinski definition) is 2. The molecule has 3 amide bonds. The molecule has 2 aromatic rings. The number of carbonyl (C=O) groups is 2. The number of nitrogens with zero attached hydrogens (tertiary/aromatic N) is 1. The maximum Gasteiger partial charge on any atom is 0.485 e. The zero-order valence-corrected chi connectivity index (χ0v) is 25.7. The SMILES string of the molecule is CC(C)(C)OC(=O)N1CCC[C@@H]1CNC(=O)NC1(B2O[C@@H]3C[C@@H]4C[C@@H](C4(C)C)[C@]3(C)O2)CC1c1coc2ccccc12. The molecule has 9 nitrogen and oxygen atoms in total. The molecule has 8 rings (SSSR count). The second kappa shape index (κ2) is 9.39. The summed E-state index contributed by atoms with van der Waals surface area (Å²) < 4.78 is 25.2. The largest absolute Gasteiger partial charge is 0.485 e. The monoisotopic (exact) mass is 577 g/mol. The maximum atomic E-state index is 13.6. The van der Waals surface area contributed by atoms with E-state index in [1.165, 1.54) is 6.42 Å². The molecular formula is C32H44BN3O6. The molecule has 2 N–H and O–H groups in total. The second-order valence-electron chi connectivity index (χ2n) is 15.1. The Bertz CT molecular complexity index is 1400. The predicted molar refractivity (Wildman–Crippen MR) is 159 cm³/mol. The predicted octanol–water partition coefficient (Wildman–Crippen LogP) is 5.63. The minimum atomic E-state index is -0.716. The summed E-state index contributed by atoms with van der Waals surface area (Å²) in [4.78, 5) is 28.1. The van der Waals surface area contributed by atoms with E-state index in [1.807, 2.05) is 45.2 Å². The summed E-state index contributed by atoms with van der Waals surface area (Å²) in [6, 6.07) is 7.62. The van der Waals surface area contributed by atoms with Gasteiger partial charge in [0.1, 0.15) is 11.2 Å². The molecule has 0 radical (unpaired) electrons. The number of rotatable bonds is 5. The highest BCUT2D eigenvalue weighted by Gasteiger charge is 2.75. The van der Waals surface area contributed by atoms with Gasteiger partial charge in [-0.05, 0) is 83.1 Å². The van der Waals surface area contributed by atoms with Gasteiger partial charge in [0.15, 0.2) is 0 Å². The quantitative estimate of drug-likeness (QED) is 0.447. The molecule has 1 aromatic carbocycles. The molecule has 4 aliphatic carbocycles. The fourth-order valence-corrected chi connectivity index (χ4v) is 8.56. The van der Waals surface area contributed by atoms with Crippen molar-refractivity contribution in [3.05, 3.63) is 36.1 Å². The lowest BCUT2D eigenvalue weighted by molar-refractivity contribution is -0.199. The first-order chi connectivity index (χ1) is 19.8. The van der Waals surface area contributed by atoms with Crippen LogP contribution in [0.5, 0.6) is 0 Å². The van der Waals surface area contributed by atoms with Crippen molar-refractivity contribution in [1.82, 2.24) is 15.5 Å². The topological polar surface area (TPSA) is 102 Å². The number of hydrogen-bond acceptors (Lipinski definition) is 6. The van der Waals surface area contributed by atoms with Crippen LogP contribution in [0.4, 0.5) is 9.59 Å². The smallest absolute Gasteiger partial charge is 0.464 e. The van der Waals surface area contributed by atoms with Crippen molar-refractivity contribution in [2.24, 2.45) is 17.3 Å². The Balaban J connectivity index is 1.10. The number of fused-ring (bicyclic) bond motifs is 1. The number of ether oxygens (including phenoxy) is 1. The molecule has 42 heavy (non-hydrogen) atoms. The number of benzene rings is 1. The van der Waals surface area contributed by atoms with Gasteiger partial charge in [-0.1, -0.05) is 32.0 Å². The first kappa shape index (κ1) is 28.1. The van der Waals surface area contributed by atoms with Crippen molar-refractivity contribution in [2.45, 2.75) is 108 Å². The van der Waals surface area contributed by atoms with Gasteiger partial charge in [0.05, 0.1) is 29.4 Å². The van der Waals surface area contributed by atoms with Crippen LogP contribution in [-0.2, 0) is 14.0 Å². The minimum Gasteiger partial charge on any atom is -0.464 e. The third-order valence-electron chi connectivity index (χ3n) is 11.1. The number of urea groups is 1. The standard InChI is InChI=1S/C32H44BN3O6/c1-29(2,3)40-28(38)36-13-9-10-20(36)17-34-27(37)35-32(16-23(32)22-18-39-24-12-8-7-11-21(22)24)33-41-26-15-19-14-25(30(19,4)5)31(26,6)42-33/h7-8,11-12,18-20,23,25-26H,9-10,13-17H2,1-6H3,(H2,34,35,37)/t19-,20+,23?,25-,26+,31-,32?/m0/s1. The van der Waals surface area contributed by atoms with Gasteiger partial charge in [-0.2, -0.15) is 0 Å². The van der Waals surface area contributed by atoms with Crippen LogP contribution in [0.3, 0.4) is 0 Å². The number of likely N-dealkylation sites (tertiary alicyclic amines) is 1. The summed E-state index contributed by atoms with van der Waals surface area (Å²) >= 11 is 0. The summed E-state index contributed by atoms with van der Waals surface area (Å²) in [7, 11) is -0.559. The van der Waals surface area contributed by atoms with Gasteiger partial charge in [-0.3, -0.25) is 0 Å². The van der Waals surface area contributed by atoms with E-state index < -0.39 is 18.2 Å². The van der Waals surface area contributed by atoms with Crippen LogP contribution in [0.15, 0.2) is 34.9 Å². The Kier molecular flexibility index (Phi) is 6.28. The van der Waals surface area contributed by atoms with E-state index in [9.17, 15) is 9.59 Å². The molecule has 4 saturated carbocycles. The van der Waals surface area contributed by atoms with Gasteiger partial charge in [0.2, 0.25) is 0 Å². The molecule has 0 spiro atoms. The van der Waals surface area contributed by atoms with E-state index in [4.69, 9.17) is 18.5 Å². The highest BCUT2D eigenvalue weighted by atomic mass is 16.7. The van der Waals surface area contributed by atoms with Crippen LogP contribution in [0, 0.1) is 17.3 Å². The molecule has 2 bridgehead atoms. The van der Waals surface area contributed by atoms with Crippen LogP contribution in [-0.4, -0.2) is 66.0 Å². The number of amides is 3. The fraction of sp³-hybridized carbons (Fsp3) is 0.688. The third-order valence-corrected chi connectivity index (χ3v) is 11.1. The summed E-state index contributed by atoms with van der Waals surface area (Å²) in [5, 5.41) is 7.43. The number of carbonyl (C=O) groups excluding carboxylic acids is 2. The van der Waals surface area contributed by atoms with Crippen molar-refractivity contribution in [1.29, 1.82) is 0 Å². The number of furan rings is 1. The highest BCUT2D eigenvalue weighted by molar-refractivity contribution is 6.52. The van der Waals surface area contributed by atoms with Crippen LogP contribution >= 0.6 is 0 Å². The summed E-state index contributed by atoms with van der Waals surface area (Å²) in [5.74, 6) is 1.06. The number of nitrogens with one attached hydrogen (secondary N) is 2. The van der Waals surface area contributed by atoms with E-state index in [1.54, 1.807) is 4.90 Å². The van der Waals surface area contributed by atoms with Crippen molar-refractivity contribution >= 4 is 30.2 Å². The average Bonchev–Trinajstić information content (AvgIpc) is 3.28. The molecule has 2 unspecified atom stereocenters. The second-order valence-corrected chi connectivity index (χ2v) is 15.1. The summed E-state index contributed by atoms with van der Waals surface area (Å²) in [5.41, 5.74) is 0.466. The van der Waals surface area contributed by atoms with Crippen LogP contribution in [0.25, 0.3) is 11.0 Å². The molecule has 6 fully saturated rings. The molecule has 1 aromatic heterocycles. The molecule has 6 aliphatic rings.